The highest BCUT2D eigenvalue weighted by Crippen LogP contribution is 2.24. The van der Waals surface area contributed by atoms with Crippen LogP contribution in [0.25, 0.3) is 0 Å². The van der Waals surface area contributed by atoms with Gasteiger partial charge in [-0.3, -0.25) is 9.59 Å². The summed E-state index contributed by atoms with van der Waals surface area (Å²) in [5, 5.41) is 3.06. The number of likely N-dealkylation sites (tertiary alicyclic amines) is 1. The van der Waals surface area contributed by atoms with E-state index >= 15 is 0 Å². The largest absolute Gasteiger partial charge is 0.382 e. The Hall–Kier alpha value is -1.63. The summed E-state index contributed by atoms with van der Waals surface area (Å²) in [7, 11) is 1.56. The average molecular weight is 355 g/mol. The number of hydrogen-bond acceptors (Lipinski definition) is 4. The van der Waals surface area contributed by atoms with Crippen LogP contribution in [-0.4, -0.2) is 56.7 Å². The van der Waals surface area contributed by atoms with Crippen molar-refractivity contribution in [2.24, 2.45) is 0 Å². The normalized spacial score (nSPS) is 14.5. The lowest BCUT2D eigenvalue weighted by atomic mass is 10.1. The van der Waals surface area contributed by atoms with Crippen LogP contribution in [0.5, 0.6) is 0 Å². The third-order valence-corrected chi connectivity index (χ3v) is 4.13. The number of nitrogens with zero attached hydrogens (tertiary/aromatic N) is 1. The van der Waals surface area contributed by atoms with Crippen molar-refractivity contribution >= 4 is 29.1 Å². The first-order chi connectivity index (χ1) is 11.6. The molecule has 132 valence electrons. The summed E-state index contributed by atoms with van der Waals surface area (Å²) in [6, 6.07) is 4.93. The van der Waals surface area contributed by atoms with Crippen LogP contribution in [0.3, 0.4) is 0 Å². The van der Waals surface area contributed by atoms with E-state index in [1.54, 1.807) is 25.3 Å². The fraction of sp³-hybridized carbons (Fsp3) is 0.529. The number of nitrogens with one attached hydrogen (secondary N) is 1. The maximum atomic E-state index is 12.5. The molecule has 1 N–H and O–H groups in total. The zero-order chi connectivity index (χ0) is 17.4. The lowest BCUT2D eigenvalue weighted by Crippen LogP contribution is -2.35. The Morgan fingerprint density at radius 1 is 1.21 bits per heavy atom. The van der Waals surface area contributed by atoms with Crippen molar-refractivity contribution in [1.82, 2.24) is 4.90 Å². The van der Waals surface area contributed by atoms with Gasteiger partial charge in [-0.25, -0.2) is 0 Å². The predicted molar refractivity (Wildman–Crippen MR) is 92.5 cm³/mol. The molecule has 6 nitrogen and oxygen atoms in total. The number of carbonyl (C=O) groups is 2. The lowest BCUT2D eigenvalue weighted by Gasteiger charge is -2.27. The van der Waals surface area contributed by atoms with Gasteiger partial charge in [-0.1, -0.05) is 11.6 Å². The minimum Gasteiger partial charge on any atom is -0.382 e. The van der Waals surface area contributed by atoms with Gasteiger partial charge in [0, 0.05) is 25.8 Å². The van der Waals surface area contributed by atoms with Crippen LogP contribution in [0.1, 0.15) is 29.6 Å². The van der Waals surface area contributed by atoms with Crippen LogP contribution < -0.4 is 5.32 Å². The van der Waals surface area contributed by atoms with Gasteiger partial charge in [0.05, 0.1) is 23.9 Å². The van der Waals surface area contributed by atoms with Crippen molar-refractivity contribution in [2.75, 3.05) is 45.3 Å². The minimum atomic E-state index is -0.324. The number of carbonyl (C=O) groups excluding carboxylic acids is 2. The molecule has 1 heterocycles. The molecule has 0 bridgehead atoms. The number of methoxy groups -OCH3 is 1. The van der Waals surface area contributed by atoms with Crippen LogP contribution in [0.4, 0.5) is 5.69 Å². The van der Waals surface area contributed by atoms with Gasteiger partial charge in [-0.05, 0) is 37.5 Å². The Bertz CT molecular complexity index is 574. The molecule has 0 saturated carbocycles. The molecule has 1 saturated heterocycles. The lowest BCUT2D eigenvalue weighted by molar-refractivity contribution is -0.121. The highest BCUT2D eigenvalue weighted by Gasteiger charge is 2.19. The number of ether oxygens (including phenoxy) is 2. The molecule has 0 atom stereocenters. The van der Waals surface area contributed by atoms with E-state index in [1.165, 1.54) is 0 Å². The van der Waals surface area contributed by atoms with Gasteiger partial charge in [0.15, 0.2) is 0 Å². The molecule has 1 aliphatic rings. The van der Waals surface area contributed by atoms with Crippen LogP contribution >= 0.6 is 11.6 Å². The molecule has 0 spiro atoms. The zero-order valence-corrected chi connectivity index (χ0v) is 14.6. The van der Waals surface area contributed by atoms with Gasteiger partial charge in [-0.2, -0.15) is 0 Å². The van der Waals surface area contributed by atoms with Crippen LogP contribution in [0, 0.1) is 0 Å². The predicted octanol–water partition coefficient (Wildman–Crippen LogP) is 2.57. The molecule has 2 rings (SSSR count). The van der Waals surface area contributed by atoms with Gasteiger partial charge < -0.3 is 19.7 Å². The number of amides is 2. The monoisotopic (exact) mass is 354 g/mol. The fourth-order valence-electron chi connectivity index (χ4n) is 2.53. The Labute approximate surface area is 147 Å². The standard InChI is InChI=1S/C17H23ClN2O4/c1-23-9-10-24-12-16(21)19-15-11-13(5-6-14(15)18)17(22)20-7-3-2-4-8-20/h5-6,11H,2-4,7-10,12H2,1H3,(H,19,21). The summed E-state index contributed by atoms with van der Waals surface area (Å²) in [6.07, 6.45) is 3.22. The second-order valence-electron chi connectivity index (χ2n) is 5.64. The second kappa shape index (κ2) is 9.61. The maximum Gasteiger partial charge on any atom is 0.253 e. The van der Waals surface area contributed by atoms with Crippen LogP contribution in [0.2, 0.25) is 5.02 Å². The van der Waals surface area contributed by atoms with E-state index in [1.807, 2.05) is 4.90 Å². The first-order valence-corrected chi connectivity index (χ1v) is 8.45. The minimum absolute atomic E-state index is 0.0294. The third-order valence-electron chi connectivity index (χ3n) is 3.80. The molecule has 1 aliphatic heterocycles. The van der Waals surface area contributed by atoms with Crippen molar-refractivity contribution in [1.29, 1.82) is 0 Å². The molecule has 1 fully saturated rings. The molecule has 2 amide bonds. The Balaban J connectivity index is 1.97. The van der Waals surface area contributed by atoms with Gasteiger partial charge in [0.1, 0.15) is 6.61 Å². The number of hydrogen-bond donors (Lipinski definition) is 1. The molecule has 0 radical (unpaired) electrons. The van der Waals surface area contributed by atoms with Gasteiger partial charge in [0.25, 0.3) is 5.91 Å². The number of benzene rings is 1. The molecule has 1 aromatic carbocycles. The van der Waals surface area contributed by atoms with E-state index in [9.17, 15) is 9.59 Å². The fourth-order valence-corrected chi connectivity index (χ4v) is 2.69. The number of piperidine rings is 1. The zero-order valence-electron chi connectivity index (χ0n) is 13.8. The summed E-state index contributed by atoms with van der Waals surface area (Å²) in [6.45, 7) is 2.22. The molecule has 0 aliphatic carbocycles. The maximum absolute atomic E-state index is 12.5. The summed E-state index contributed by atoms with van der Waals surface area (Å²) in [5.41, 5.74) is 0.941. The SMILES string of the molecule is COCCOCC(=O)Nc1cc(C(=O)N2CCCCC2)ccc1Cl. The smallest absolute Gasteiger partial charge is 0.253 e. The Morgan fingerprint density at radius 2 is 1.96 bits per heavy atom. The van der Waals surface area contributed by atoms with Crippen molar-refractivity contribution in [3.8, 4) is 0 Å². The Morgan fingerprint density at radius 3 is 2.67 bits per heavy atom. The molecule has 7 heteroatoms. The number of anilines is 1. The quantitative estimate of drug-likeness (QED) is 0.764. The van der Waals surface area contributed by atoms with Gasteiger partial charge in [0.2, 0.25) is 5.91 Å². The van der Waals surface area contributed by atoms with Crippen molar-refractivity contribution < 1.29 is 19.1 Å². The topological polar surface area (TPSA) is 67.9 Å². The van der Waals surface area contributed by atoms with Crippen LogP contribution in [-0.2, 0) is 14.3 Å². The molecule has 0 unspecified atom stereocenters. The van der Waals surface area contributed by atoms with E-state index in [4.69, 9.17) is 21.1 Å². The molecular weight excluding hydrogens is 332 g/mol. The molecule has 1 aromatic rings. The van der Waals surface area contributed by atoms with Crippen molar-refractivity contribution in [2.45, 2.75) is 19.3 Å². The van der Waals surface area contributed by atoms with E-state index in [2.05, 4.69) is 5.32 Å². The van der Waals surface area contributed by atoms with Crippen LogP contribution in [0.15, 0.2) is 18.2 Å². The summed E-state index contributed by atoms with van der Waals surface area (Å²) in [5.74, 6) is -0.353. The highest BCUT2D eigenvalue weighted by atomic mass is 35.5. The van der Waals surface area contributed by atoms with Crippen molar-refractivity contribution in [3.05, 3.63) is 28.8 Å². The summed E-state index contributed by atoms with van der Waals surface area (Å²) in [4.78, 5) is 26.2. The number of halogens is 1. The van der Waals surface area contributed by atoms with E-state index < -0.39 is 0 Å². The van der Waals surface area contributed by atoms with E-state index in [0.717, 1.165) is 32.4 Å². The van der Waals surface area contributed by atoms with Gasteiger partial charge >= 0.3 is 0 Å². The molecule has 24 heavy (non-hydrogen) atoms. The number of rotatable bonds is 7. The summed E-state index contributed by atoms with van der Waals surface area (Å²) < 4.78 is 10.0. The molecular formula is C17H23ClN2O4. The van der Waals surface area contributed by atoms with E-state index in [-0.39, 0.29) is 18.4 Å². The average Bonchev–Trinajstić information content (AvgIpc) is 2.61. The molecule has 0 aromatic heterocycles. The van der Waals surface area contributed by atoms with Gasteiger partial charge in [-0.15, -0.1) is 0 Å². The Kier molecular flexibility index (Phi) is 7.49. The van der Waals surface area contributed by atoms with Crippen molar-refractivity contribution in [3.63, 3.8) is 0 Å². The third kappa shape index (κ3) is 5.47. The first-order valence-electron chi connectivity index (χ1n) is 8.07. The first kappa shape index (κ1) is 18.7. The second-order valence-corrected chi connectivity index (χ2v) is 6.05. The summed E-state index contributed by atoms with van der Waals surface area (Å²) >= 11 is 6.11. The van der Waals surface area contributed by atoms with E-state index in [0.29, 0.717) is 29.5 Å². The highest BCUT2D eigenvalue weighted by molar-refractivity contribution is 6.33.